The van der Waals surface area contributed by atoms with Gasteiger partial charge in [0, 0.05) is 23.1 Å². The topological polar surface area (TPSA) is 37.5 Å². The van der Waals surface area contributed by atoms with Gasteiger partial charge in [0.15, 0.2) is 0 Å². The van der Waals surface area contributed by atoms with Gasteiger partial charge in [0.2, 0.25) is 5.88 Å². The lowest BCUT2D eigenvalue weighted by Crippen LogP contribution is -1.91. The van der Waals surface area contributed by atoms with Crippen LogP contribution in [-0.2, 0) is 6.42 Å². The minimum atomic E-state index is 0.0682. The molecule has 0 radical (unpaired) electrons. The fourth-order valence-electron chi connectivity index (χ4n) is 1.80. The van der Waals surface area contributed by atoms with Gasteiger partial charge >= 0.3 is 0 Å². The standard InChI is InChI=1S/C12H10N2OS/c15-11-8-14-5-1-3-9(12(14)13-11)7-10-4-2-6-16-10/h1-6,8,15H,7H2. The predicted molar refractivity (Wildman–Crippen MR) is 64.0 cm³/mol. The molecule has 0 saturated heterocycles. The molecule has 1 N–H and O–H groups in total. The average molecular weight is 230 g/mol. The Bertz CT molecular complexity index is 613. The van der Waals surface area contributed by atoms with Gasteiger partial charge in [-0.3, -0.25) is 0 Å². The fraction of sp³-hybridized carbons (Fsp3) is 0.0833. The van der Waals surface area contributed by atoms with Gasteiger partial charge in [-0.05, 0) is 17.5 Å². The first-order chi connectivity index (χ1) is 7.83. The monoisotopic (exact) mass is 230 g/mol. The summed E-state index contributed by atoms with van der Waals surface area (Å²) in [6, 6.07) is 8.17. The first-order valence-corrected chi connectivity index (χ1v) is 5.89. The van der Waals surface area contributed by atoms with E-state index in [1.807, 2.05) is 28.8 Å². The molecule has 3 nitrogen and oxygen atoms in total. The number of nitrogens with zero attached hydrogens (tertiary/aromatic N) is 2. The number of aromatic hydroxyl groups is 1. The molecule has 3 rings (SSSR count). The number of imidazole rings is 1. The molecule has 0 unspecified atom stereocenters. The number of hydrogen-bond acceptors (Lipinski definition) is 3. The Morgan fingerprint density at radius 1 is 1.31 bits per heavy atom. The van der Waals surface area contributed by atoms with Crippen molar-refractivity contribution in [1.82, 2.24) is 9.38 Å². The van der Waals surface area contributed by atoms with E-state index < -0.39 is 0 Å². The van der Waals surface area contributed by atoms with Crippen molar-refractivity contribution in [2.75, 3.05) is 0 Å². The Morgan fingerprint density at radius 2 is 2.25 bits per heavy atom. The van der Waals surface area contributed by atoms with E-state index in [2.05, 4.69) is 16.4 Å². The van der Waals surface area contributed by atoms with E-state index in [0.29, 0.717) is 0 Å². The zero-order valence-electron chi connectivity index (χ0n) is 8.50. The first kappa shape index (κ1) is 9.42. The van der Waals surface area contributed by atoms with Gasteiger partial charge in [0.1, 0.15) is 5.65 Å². The molecule has 0 aliphatic rings. The van der Waals surface area contributed by atoms with E-state index in [1.54, 1.807) is 17.5 Å². The smallest absolute Gasteiger partial charge is 0.230 e. The molecule has 0 bridgehead atoms. The summed E-state index contributed by atoms with van der Waals surface area (Å²) < 4.78 is 1.85. The molecule has 16 heavy (non-hydrogen) atoms. The van der Waals surface area contributed by atoms with Gasteiger partial charge in [-0.25, -0.2) is 0 Å². The van der Waals surface area contributed by atoms with E-state index in [9.17, 15) is 5.11 Å². The molecule has 80 valence electrons. The summed E-state index contributed by atoms with van der Waals surface area (Å²) in [6.45, 7) is 0. The zero-order valence-corrected chi connectivity index (χ0v) is 9.31. The van der Waals surface area contributed by atoms with Gasteiger partial charge in [0.25, 0.3) is 0 Å². The van der Waals surface area contributed by atoms with E-state index >= 15 is 0 Å². The molecule has 0 fully saturated rings. The van der Waals surface area contributed by atoms with Gasteiger partial charge in [-0.1, -0.05) is 12.1 Å². The van der Waals surface area contributed by atoms with Gasteiger partial charge < -0.3 is 9.51 Å². The second-order valence-electron chi connectivity index (χ2n) is 3.62. The number of fused-ring (bicyclic) bond motifs is 1. The lowest BCUT2D eigenvalue weighted by atomic mass is 10.2. The van der Waals surface area contributed by atoms with E-state index in [-0.39, 0.29) is 5.88 Å². The van der Waals surface area contributed by atoms with E-state index in [0.717, 1.165) is 17.6 Å². The van der Waals surface area contributed by atoms with Gasteiger partial charge in [-0.2, -0.15) is 4.98 Å². The van der Waals surface area contributed by atoms with Crippen molar-refractivity contribution in [2.45, 2.75) is 6.42 Å². The molecule has 0 saturated carbocycles. The molecule has 0 aromatic carbocycles. The summed E-state index contributed by atoms with van der Waals surface area (Å²) >= 11 is 1.73. The second-order valence-corrected chi connectivity index (χ2v) is 4.65. The molecule has 3 aromatic heterocycles. The Hall–Kier alpha value is -1.81. The summed E-state index contributed by atoms with van der Waals surface area (Å²) in [4.78, 5) is 5.42. The quantitative estimate of drug-likeness (QED) is 0.735. The van der Waals surface area contributed by atoms with Crippen LogP contribution < -0.4 is 0 Å². The lowest BCUT2D eigenvalue weighted by molar-refractivity contribution is 0.457. The van der Waals surface area contributed by atoms with Crippen LogP contribution in [0.2, 0.25) is 0 Å². The predicted octanol–water partition coefficient (Wildman–Crippen LogP) is 2.69. The van der Waals surface area contributed by atoms with Crippen LogP contribution >= 0.6 is 11.3 Å². The summed E-state index contributed by atoms with van der Waals surface area (Å²) in [5.41, 5.74) is 1.96. The number of aromatic nitrogens is 2. The van der Waals surface area contributed by atoms with Crippen LogP contribution in [0.15, 0.2) is 42.0 Å². The lowest BCUT2D eigenvalue weighted by Gasteiger charge is -2.00. The third-order valence-corrected chi connectivity index (χ3v) is 3.37. The first-order valence-electron chi connectivity index (χ1n) is 5.01. The van der Waals surface area contributed by atoms with Crippen LogP contribution in [0.5, 0.6) is 5.88 Å². The highest BCUT2D eigenvalue weighted by molar-refractivity contribution is 7.09. The van der Waals surface area contributed by atoms with Crippen LogP contribution in [0.3, 0.4) is 0 Å². The van der Waals surface area contributed by atoms with Crippen LogP contribution in [-0.4, -0.2) is 14.5 Å². The molecule has 3 aromatic rings. The van der Waals surface area contributed by atoms with Crippen LogP contribution in [0.1, 0.15) is 10.4 Å². The van der Waals surface area contributed by atoms with Crippen molar-refractivity contribution < 1.29 is 5.11 Å². The van der Waals surface area contributed by atoms with Crippen LogP contribution in [0, 0.1) is 0 Å². The Morgan fingerprint density at radius 3 is 3.06 bits per heavy atom. The highest BCUT2D eigenvalue weighted by Crippen LogP contribution is 2.20. The largest absolute Gasteiger partial charge is 0.492 e. The SMILES string of the molecule is Oc1cn2cccc(Cc3cccs3)c2n1. The number of thiophene rings is 1. The van der Waals surface area contributed by atoms with Crippen molar-refractivity contribution in [1.29, 1.82) is 0 Å². The Labute approximate surface area is 96.6 Å². The van der Waals surface area contributed by atoms with Crippen molar-refractivity contribution in [3.8, 4) is 5.88 Å². The second kappa shape index (κ2) is 3.64. The number of hydrogen-bond donors (Lipinski definition) is 1. The molecule has 0 amide bonds. The van der Waals surface area contributed by atoms with Crippen LogP contribution in [0.4, 0.5) is 0 Å². The Kier molecular flexibility index (Phi) is 2.15. The van der Waals surface area contributed by atoms with Gasteiger partial charge in [-0.15, -0.1) is 11.3 Å². The van der Waals surface area contributed by atoms with Crippen molar-refractivity contribution in [3.63, 3.8) is 0 Å². The molecule has 0 aliphatic heterocycles. The minimum Gasteiger partial charge on any atom is -0.492 e. The summed E-state index contributed by atoms with van der Waals surface area (Å²) in [7, 11) is 0. The molecular weight excluding hydrogens is 220 g/mol. The maximum absolute atomic E-state index is 9.38. The summed E-state index contributed by atoms with van der Waals surface area (Å²) in [5, 5.41) is 11.4. The third-order valence-electron chi connectivity index (χ3n) is 2.50. The van der Waals surface area contributed by atoms with Crippen molar-refractivity contribution >= 4 is 17.0 Å². The maximum atomic E-state index is 9.38. The fourth-order valence-corrected chi connectivity index (χ4v) is 2.53. The molecule has 3 heterocycles. The summed E-state index contributed by atoms with van der Waals surface area (Å²) in [5.74, 6) is 0.0682. The van der Waals surface area contributed by atoms with Crippen molar-refractivity contribution in [3.05, 3.63) is 52.5 Å². The zero-order chi connectivity index (χ0) is 11.0. The number of rotatable bonds is 2. The summed E-state index contributed by atoms with van der Waals surface area (Å²) in [6.07, 6.45) is 4.37. The third kappa shape index (κ3) is 1.57. The highest BCUT2D eigenvalue weighted by Gasteiger charge is 2.06. The molecule has 0 spiro atoms. The Balaban J connectivity index is 2.09. The molecule has 0 aliphatic carbocycles. The van der Waals surface area contributed by atoms with Crippen LogP contribution in [0.25, 0.3) is 5.65 Å². The van der Waals surface area contributed by atoms with E-state index in [4.69, 9.17) is 0 Å². The normalized spacial score (nSPS) is 11.0. The van der Waals surface area contributed by atoms with Crippen molar-refractivity contribution in [2.24, 2.45) is 0 Å². The molecular formula is C12H10N2OS. The molecule has 4 heteroatoms. The average Bonchev–Trinajstić information content (AvgIpc) is 2.86. The maximum Gasteiger partial charge on any atom is 0.230 e. The minimum absolute atomic E-state index is 0.0682. The highest BCUT2D eigenvalue weighted by atomic mass is 32.1. The van der Waals surface area contributed by atoms with Gasteiger partial charge in [0.05, 0.1) is 6.20 Å². The number of pyridine rings is 1. The molecule has 0 atom stereocenters. The van der Waals surface area contributed by atoms with E-state index in [1.165, 1.54) is 4.88 Å².